The minimum atomic E-state index is -0.304. The highest BCUT2D eigenvalue weighted by molar-refractivity contribution is 6.04. The largest absolute Gasteiger partial charge is 0.324 e. The molecule has 0 fully saturated rings. The fourth-order valence-electron chi connectivity index (χ4n) is 3.41. The van der Waals surface area contributed by atoms with E-state index in [-0.39, 0.29) is 5.91 Å². The van der Waals surface area contributed by atoms with E-state index in [1.165, 1.54) is 0 Å². The molecule has 0 saturated heterocycles. The second kappa shape index (κ2) is 9.48. The van der Waals surface area contributed by atoms with Crippen LogP contribution in [-0.2, 0) is 7.05 Å². The molecule has 1 amide bonds. The Morgan fingerprint density at radius 2 is 1.86 bits per heavy atom. The van der Waals surface area contributed by atoms with Gasteiger partial charge in [-0.2, -0.15) is 5.10 Å². The minimum Gasteiger partial charge on any atom is -0.324 e. The summed E-state index contributed by atoms with van der Waals surface area (Å²) in [6, 6.07) is 14.5. The standard InChI is InChI=1S/C25H21N9O/c1-16-5-6-17(24(35)31-23-8-7-21(32-33-23)19-14-28-34(2)15-19)12-22(16)30-25-27-11-9-20(29-25)18-4-3-10-26-13-18/h3-15H,1-2H3,(H,27,29,30)(H,31,33,35). The molecule has 0 atom stereocenters. The molecule has 0 radical (unpaired) electrons. The molecule has 0 spiro atoms. The number of pyridine rings is 1. The van der Waals surface area contributed by atoms with Crippen molar-refractivity contribution in [3.63, 3.8) is 0 Å². The lowest BCUT2D eigenvalue weighted by atomic mass is 10.1. The summed E-state index contributed by atoms with van der Waals surface area (Å²) in [5.74, 6) is 0.468. The molecule has 35 heavy (non-hydrogen) atoms. The number of aromatic nitrogens is 7. The van der Waals surface area contributed by atoms with Gasteiger partial charge in [-0.1, -0.05) is 6.07 Å². The van der Waals surface area contributed by atoms with E-state index < -0.39 is 0 Å². The van der Waals surface area contributed by atoms with E-state index in [1.807, 2.05) is 44.4 Å². The van der Waals surface area contributed by atoms with Gasteiger partial charge in [0.05, 0.1) is 17.6 Å². The van der Waals surface area contributed by atoms with Crippen molar-refractivity contribution < 1.29 is 4.79 Å². The van der Waals surface area contributed by atoms with Crippen molar-refractivity contribution >= 4 is 23.4 Å². The number of rotatable bonds is 6. The van der Waals surface area contributed by atoms with Gasteiger partial charge in [-0.3, -0.25) is 14.5 Å². The van der Waals surface area contributed by atoms with Crippen molar-refractivity contribution in [1.82, 2.24) is 34.9 Å². The molecule has 0 bridgehead atoms. The molecule has 10 heteroatoms. The Hall–Kier alpha value is -4.99. The van der Waals surface area contributed by atoms with Gasteiger partial charge in [-0.05, 0) is 55.0 Å². The Kier molecular flexibility index (Phi) is 5.91. The number of hydrogen-bond acceptors (Lipinski definition) is 8. The van der Waals surface area contributed by atoms with Gasteiger partial charge in [0.1, 0.15) is 0 Å². The number of carbonyl (C=O) groups is 1. The summed E-state index contributed by atoms with van der Waals surface area (Å²) in [7, 11) is 1.83. The second-order valence-electron chi connectivity index (χ2n) is 7.82. The highest BCUT2D eigenvalue weighted by Crippen LogP contribution is 2.23. The molecule has 172 valence electrons. The molecule has 5 aromatic rings. The minimum absolute atomic E-state index is 0.304. The Morgan fingerprint density at radius 1 is 0.943 bits per heavy atom. The first-order valence-corrected chi connectivity index (χ1v) is 10.8. The van der Waals surface area contributed by atoms with Gasteiger partial charge in [0.2, 0.25) is 5.95 Å². The maximum Gasteiger partial charge on any atom is 0.256 e. The smallest absolute Gasteiger partial charge is 0.256 e. The van der Waals surface area contributed by atoms with Crippen LogP contribution in [0.25, 0.3) is 22.5 Å². The predicted molar refractivity (Wildman–Crippen MR) is 132 cm³/mol. The van der Waals surface area contributed by atoms with E-state index in [4.69, 9.17) is 0 Å². The Bertz CT molecular complexity index is 1480. The highest BCUT2D eigenvalue weighted by Gasteiger charge is 2.12. The zero-order valence-corrected chi connectivity index (χ0v) is 19.0. The molecule has 5 rings (SSSR count). The van der Waals surface area contributed by atoms with Crippen LogP contribution in [-0.4, -0.2) is 40.8 Å². The van der Waals surface area contributed by atoms with Gasteiger partial charge in [-0.15, -0.1) is 10.2 Å². The maximum absolute atomic E-state index is 12.9. The molecule has 4 heterocycles. The van der Waals surface area contributed by atoms with Gasteiger partial charge in [0.15, 0.2) is 5.82 Å². The maximum atomic E-state index is 12.9. The van der Waals surface area contributed by atoms with Gasteiger partial charge >= 0.3 is 0 Å². The van der Waals surface area contributed by atoms with Crippen molar-refractivity contribution in [3.05, 3.63) is 90.6 Å². The molecular weight excluding hydrogens is 442 g/mol. The number of carbonyl (C=O) groups excluding carboxylic acids is 1. The number of benzene rings is 1. The van der Waals surface area contributed by atoms with Crippen molar-refractivity contribution in [2.24, 2.45) is 7.05 Å². The third kappa shape index (κ3) is 5.01. The van der Waals surface area contributed by atoms with Crippen molar-refractivity contribution in [2.45, 2.75) is 6.92 Å². The van der Waals surface area contributed by atoms with Crippen LogP contribution in [0, 0.1) is 6.92 Å². The van der Waals surface area contributed by atoms with Gasteiger partial charge in [0, 0.05) is 54.2 Å². The summed E-state index contributed by atoms with van der Waals surface area (Å²) in [5, 5.41) is 18.4. The molecule has 2 N–H and O–H groups in total. The normalized spacial score (nSPS) is 10.7. The highest BCUT2D eigenvalue weighted by atomic mass is 16.1. The lowest BCUT2D eigenvalue weighted by molar-refractivity contribution is 0.102. The van der Waals surface area contributed by atoms with Crippen LogP contribution in [0.2, 0.25) is 0 Å². The van der Waals surface area contributed by atoms with E-state index in [9.17, 15) is 4.79 Å². The third-order valence-electron chi connectivity index (χ3n) is 5.27. The first kappa shape index (κ1) is 21.8. The molecule has 1 aromatic carbocycles. The average Bonchev–Trinajstić information content (AvgIpc) is 3.32. The van der Waals surface area contributed by atoms with Crippen LogP contribution in [0.3, 0.4) is 0 Å². The molecule has 0 saturated carbocycles. The molecule has 0 aliphatic carbocycles. The molecule has 0 aliphatic rings. The second-order valence-corrected chi connectivity index (χ2v) is 7.82. The van der Waals surface area contributed by atoms with Gasteiger partial charge in [-0.25, -0.2) is 9.97 Å². The molecule has 0 unspecified atom stereocenters. The van der Waals surface area contributed by atoms with Gasteiger partial charge < -0.3 is 10.6 Å². The number of anilines is 3. The summed E-state index contributed by atoms with van der Waals surface area (Å²) in [6.07, 6.45) is 8.69. The predicted octanol–water partition coefficient (Wildman–Crippen LogP) is 4.03. The van der Waals surface area contributed by atoms with E-state index in [1.54, 1.807) is 53.7 Å². The zero-order valence-electron chi connectivity index (χ0n) is 19.0. The van der Waals surface area contributed by atoms with Crippen molar-refractivity contribution in [3.8, 4) is 22.5 Å². The first-order valence-electron chi connectivity index (χ1n) is 10.8. The van der Waals surface area contributed by atoms with Gasteiger partial charge in [0.25, 0.3) is 5.91 Å². The topological polar surface area (TPSA) is 123 Å². The number of amides is 1. The SMILES string of the molecule is Cc1ccc(C(=O)Nc2ccc(-c3cnn(C)c3)nn2)cc1Nc1nccc(-c2cccnc2)n1. The zero-order chi connectivity index (χ0) is 24.2. The van der Waals surface area contributed by atoms with E-state index >= 15 is 0 Å². The summed E-state index contributed by atoms with van der Waals surface area (Å²) in [6.45, 7) is 1.94. The van der Waals surface area contributed by atoms with E-state index in [0.717, 1.165) is 28.1 Å². The van der Waals surface area contributed by atoms with E-state index in [0.29, 0.717) is 23.0 Å². The molecular formula is C25H21N9O. The quantitative estimate of drug-likeness (QED) is 0.387. The monoisotopic (exact) mass is 463 g/mol. The number of nitrogens with zero attached hydrogens (tertiary/aromatic N) is 7. The lowest BCUT2D eigenvalue weighted by Crippen LogP contribution is -2.14. The number of aryl methyl sites for hydroxylation is 2. The number of hydrogen-bond donors (Lipinski definition) is 2. The average molecular weight is 464 g/mol. The van der Waals surface area contributed by atoms with Crippen LogP contribution in [0.1, 0.15) is 15.9 Å². The molecule has 10 nitrogen and oxygen atoms in total. The van der Waals surface area contributed by atoms with Crippen LogP contribution in [0.5, 0.6) is 0 Å². The summed E-state index contributed by atoms with van der Waals surface area (Å²) in [5.41, 5.74) is 5.28. The lowest BCUT2D eigenvalue weighted by Gasteiger charge is -2.11. The van der Waals surface area contributed by atoms with Crippen LogP contribution < -0.4 is 10.6 Å². The Morgan fingerprint density at radius 3 is 2.60 bits per heavy atom. The van der Waals surface area contributed by atoms with Crippen LogP contribution in [0.15, 0.2) is 79.5 Å². The first-order chi connectivity index (χ1) is 17.0. The Labute approximate surface area is 201 Å². The third-order valence-corrected chi connectivity index (χ3v) is 5.27. The summed E-state index contributed by atoms with van der Waals surface area (Å²) >= 11 is 0. The fourth-order valence-corrected chi connectivity index (χ4v) is 3.41. The summed E-state index contributed by atoms with van der Waals surface area (Å²) in [4.78, 5) is 25.9. The Balaban J connectivity index is 1.31. The van der Waals surface area contributed by atoms with Crippen molar-refractivity contribution in [1.29, 1.82) is 0 Å². The molecule has 4 aromatic heterocycles. The van der Waals surface area contributed by atoms with E-state index in [2.05, 4.69) is 40.9 Å². The fraction of sp³-hybridized carbons (Fsp3) is 0.0800. The van der Waals surface area contributed by atoms with Crippen LogP contribution in [0.4, 0.5) is 17.5 Å². The summed E-state index contributed by atoms with van der Waals surface area (Å²) < 4.78 is 1.69. The van der Waals surface area contributed by atoms with Crippen molar-refractivity contribution in [2.75, 3.05) is 10.6 Å². The van der Waals surface area contributed by atoms with Crippen LogP contribution >= 0.6 is 0 Å². The number of nitrogens with one attached hydrogen (secondary N) is 2. The molecule has 0 aliphatic heterocycles.